The molecule has 0 aliphatic heterocycles. The molecule has 0 amide bonds. The molecule has 0 radical (unpaired) electrons. The van der Waals surface area contributed by atoms with Crippen molar-refractivity contribution in [3.05, 3.63) is 176 Å². The Bertz CT molecular complexity index is 2930. The third-order valence-corrected chi connectivity index (χ3v) is 10.5. The van der Waals surface area contributed by atoms with Gasteiger partial charge < -0.3 is 8.97 Å². The molecule has 0 fully saturated rings. The van der Waals surface area contributed by atoms with Gasteiger partial charge in [-0.05, 0) is 76.9 Å². The van der Waals surface area contributed by atoms with Crippen LogP contribution in [0.2, 0.25) is 0 Å². The summed E-state index contributed by atoms with van der Waals surface area (Å²) in [4.78, 5) is 4.67. The maximum atomic E-state index is 4.67. The van der Waals surface area contributed by atoms with Crippen LogP contribution >= 0.6 is 0 Å². The summed E-state index contributed by atoms with van der Waals surface area (Å²) in [5.41, 5.74) is 14.3. The SMILES string of the molecule is c1ccc2c(c1)c1ccccc1n2-c1ccc(-c2cncc(-c3ccc(-c4cc5c6ccccc6n6c7ccccc7c(c4)c56)cc3)c2)cc1. The highest BCUT2D eigenvalue weighted by atomic mass is 15.0. The Morgan fingerprint density at radius 3 is 1.22 bits per heavy atom. The van der Waals surface area contributed by atoms with Crippen LogP contribution in [0.15, 0.2) is 176 Å². The van der Waals surface area contributed by atoms with E-state index < -0.39 is 0 Å². The number of rotatable bonds is 4. The van der Waals surface area contributed by atoms with E-state index >= 15 is 0 Å². The van der Waals surface area contributed by atoms with Crippen molar-refractivity contribution >= 4 is 59.9 Å². The van der Waals surface area contributed by atoms with Gasteiger partial charge in [0.1, 0.15) is 0 Å². The highest BCUT2D eigenvalue weighted by Gasteiger charge is 2.18. The molecule has 11 rings (SSSR count). The minimum Gasteiger partial charge on any atom is -0.309 e. The predicted molar refractivity (Wildman–Crippen MR) is 210 cm³/mol. The second-order valence-corrected chi connectivity index (χ2v) is 13.2. The Kier molecular flexibility index (Phi) is 5.67. The first-order chi connectivity index (χ1) is 24.8. The zero-order chi connectivity index (χ0) is 32.8. The maximum absolute atomic E-state index is 4.67. The minimum atomic E-state index is 1.10. The third-order valence-electron chi connectivity index (χ3n) is 10.5. The van der Waals surface area contributed by atoms with E-state index in [1.165, 1.54) is 71.0 Å². The van der Waals surface area contributed by atoms with Crippen LogP contribution in [-0.4, -0.2) is 14.0 Å². The highest BCUT2D eigenvalue weighted by molar-refractivity contribution is 6.24. The number of pyridine rings is 1. The lowest BCUT2D eigenvalue weighted by atomic mass is 9.97. The van der Waals surface area contributed by atoms with E-state index in [-0.39, 0.29) is 0 Å². The molecule has 232 valence electrons. The van der Waals surface area contributed by atoms with Gasteiger partial charge in [-0.2, -0.15) is 0 Å². The smallest absolute Gasteiger partial charge is 0.0620 e. The molecule has 4 aromatic heterocycles. The van der Waals surface area contributed by atoms with Crippen molar-refractivity contribution in [1.29, 1.82) is 0 Å². The van der Waals surface area contributed by atoms with E-state index in [1.807, 2.05) is 12.4 Å². The largest absolute Gasteiger partial charge is 0.309 e. The average Bonchev–Trinajstić information content (AvgIpc) is 3.83. The maximum Gasteiger partial charge on any atom is 0.0620 e. The van der Waals surface area contributed by atoms with E-state index in [9.17, 15) is 0 Å². The Labute approximate surface area is 288 Å². The summed E-state index contributed by atoms with van der Waals surface area (Å²) in [6, 6.07) is 59.6. The first-order valence-corrected chi connectivity index (χ1v) is 17.1. The first kappa shape index (κ1) is 27.3. The summed E-state index contributed by atoms with van der Waals surface area (Å²) < 4.78 is 4.78. The lowest BCUT2D eigenvalue weighted by molar-refractivity contribution is 1.18. The summed E-state index contributed by atoms with van der Waals surface area (Å²) in [5.74, 6) is 0. The van der Waals surface area contributed by atoms with E-state index in [4.69, 9.17) is 0 Å². The summed E-state index contributed by atoms with van der Waals surface area (Å²) in [6.45, 7) is 0. The van der Waals surface area contributed by atoms with Crippen LogP contribution in [0.4, 0.5) is 0 Å². The molecule has 0 saturated carbocycles. The standard InChI is InChI=1S/C47H29N3/c1-5-13-43-37(9-1)38-10-2-6-14-44(38)49(43)36-23-21-32(22-24-36)35-25-34(28-48-29-35)31-19-17-30(18-20-31)33-26-41-39-11-3-7-15-45(39)50-46-16-8-4-12-40(46)42(27-33)47(41)50/h1-29H. The summed E-state index contributed by atoms with van der Waals surface area (Å²) in [7, 11) is 0. The molecule has 4 heterocycles. The molecule has 50 heavy (non-hydrogen) atoms. The van der Waals surface area contributed by atoms with Gasteiger partial charge in [-0.3, -0.25) is 4.98 Å². The van der Waals surface area contributed by atoms with Crippen molar-refractivity contribution in [3.63, 3.8) is 0 Å². The molecule has 0 spiro atoms. The quantitative estimate of drug-likeness (QED) is 0.189. The zero-order valence-corrected chi connectivity index (χ0v) is 27.1. The summed E-state index contributed by atoms with van der Waals surface area (Å²) in [5, 5.41) is 7.73. The second-order valence-electron chi connectivity index (χ2n) is 13.2. The van der Waals surface area contributed by atoms with Gasteiger partial charge in [0, 0.05) is 61.5 Å². The molecule has 0 aliphatic carbocycles. The molecule has 0 saturated heterocycles. The molecule has 0 atom stereocenters. The third kappa shape index (κ3) is 3.89. The van der Waals surface area contributed by atoms with E-state index in [0.29, 0.717) is 0 Å². The number of aromatic nitrogens is 3. The average molecular weight is 636 g/mol. The first-order valence-electron chi connectivity index (χ1n) is 17.1. The van der Waals surface area contributed by atoms with Crippen LogP contribution in [-0.2, 0) is 0 Å². The molecule has 0 unspecified atom stereocenters. The fourth-order valence-electron chi connectivity index (χ4n) is 8.23. The molecule has 0 aliphatic rings. The molecular weight excluding hydrogens is 607 g/mol. The van der Waals surface area contributed by atoms with Crippen LogP contribution in [0.3, 0.4) is 0 Å². The Balaban J connectivity index is 0.950. The lowest BCUT2D eigenvalue weighted by Gasteiger charge is -2.10. The number of benzene rings is 7. The Morgan fingerprint density at radius 1 is 0.320 bits per heavy atom. The number of hydrogen-bond acceptors (Lipinski definition) is 1. The monoisotopic (exact) mass is 635 g/mol. The Morgan fingerprint density at radius 2 is 0.720 bits per heavy atom. The van der Waals surface area contributed by atoms with Gasteiger partial charge in [0.2, 0.25) is 0 Å². The molecule has 3 nitrogen and oxygen atoms in total. The molecule has 7 aromatic carbocycles. The van der Waals surface area contributed by atoms with Gasteiger partial charge in [-0.25, -0.2) is 0 Å². The Hall–Kier alpha value is -6.71. The van der Waals surface area contributed by atoms with Crippen molar-refractivity contribution in [2.75, 3.05) is 0 Å². The van der Waals surface area contributed by atoms with Crippen LogP contribution in [0.25, 0.3) is 99.0 Å². The van der Waals surface area contributed by atoms with Gasteiger partial charge in [-0.15, -0.1) is 0 Å². The minimum absolute atomic E-state index is 1.10. The van der Waals surface area contributed by atoms with Crippen LogP contribution in [0, 0.1) is 0 Å². The number of para-hydroxylation sites is 4. The van der Waals surface area contributed by atoms with Gasteiger partial charge in [-0.1, -0.05) is 109 Å². The summed E-state index contributed by atoms with van der Waals surface area (Å²) in [6.07, 6.45) is 3.92. The lowest BCUT2D eigenvalue weighted by Crippen LogP contribution is -1.93. The highest BCUT2D eigenvalue weighted by Crippen LogP contribution is 2.42. The second kappa shape index (κ2) is 10.4. The van der Waals surface area contributed by atoms with Crippen LogP contribution in [0.5, 0.6) is 0 Å². The van der Waals surface area contributed by atoms with Gasteiger partial charge in [0.15, 0.2) is 0 Å². The van der Waals surface area contributed by atoms with E-state index in [0.717, 1.165) is 27.9 Å². The zero-order valence-electron chi connectivity index (χ0n) is 27.1. The number of nitrogens with zero attached hydrogens (tertiary/aromatic N) is 3. The van der Waals surface area contributed by atoms with Crippen molar-refractivity contribution in [2.24, 2.45) is 0 Å². The molecule has 11 aromatic rings. The fraction of sp³-hybridized carbons (Fsp3) is 0. The number of hydrogen-bond donors (Lipinski definition) is 0. The molecule has 0 bridgehead atoms. The van der Waals surface area contributed by atoms with E-state index in [1.54, 1.807) is 0 Å². The van der Waals surface area contributed by atoms with Crippen molar-refractivity contribution in [3.8, 4) is 39.1 Å². The van der Waals surface area contributed by atoms with Crippen molar-refractivity contribution < 1.29 is 0 Å². The molecular formula is C47H29N3. The summed E-state index contributed by atoms with van der Waals surface area (Å²) >= 11 is 0. The van der Waals surface area contributed by atoms with Crippen molar-refractivity contribution in [2.45, 2.75) is 0 Å². The van der Waals surface area contributed by atoms with Crippen molar-refractivity contribution in [1.82, 2.24) is 14.0 Å². The predicted octanol–water partition coefficient (Wildman–Crippen LogP) is 12.3. The molecule has 0 N–H and O–H groups in total. The van der Waals surface area contributed by atoms with Gasteiger partial charge in [0.05, 0.1) is 27.6 Å². The van der Waals surface area contributed by atoms with Crippen LogP contribution in [0.1, 0.15) is 0 Å². The number of fused-ring (bicyclic) bond motifs is 9. The molecule has 3 heteroatoms. The van der Waals surface area contributed by atoms with Gasteiger partial charge in [0.25, 0.3) is 0 Å². The van der Waals surface area contributed by atoms with Gasteiger partial charge >= 0.3 is 0 Å². The topological polar surface area (TPSA) is 22.2 Å². The van der Waals surface area contributed by atoms with Crippen LogP contribution < -0.4 is 0 Å². The van der Waals surface area contributed by atoms with E-state index in [2.05, 4.69) is 178 Å². The fourth-order valence-corrected chi connectivity index (χ4v) is 8.23. The normalized spacial score (nSPS) is 12.0.